The molecule has 1 aromatic rings. The summed E-state index contributed by atoms with van der Waals surface area (Å²) in [4.78, 5) is 47.1. The van der Waals surface area contributed by atoms with E-state index in [0.717, 1.165) is 32.5 Å². The molecule has 1 saturated heterocycles. The van der Waals surface area contributed by atoms with Crippen LogP contribution in [-0.4, -0.2) is 66.4 Å². The highest BCUT2D eigenvalue weighted by molar-refractivity contribution is 7.99. The lowest BCUT2D eigenvalue weighted by Gasteiger charge is -2.45. The molecule has 182 valence electrons. The van der Waals surface area contributed by atoms with Crippen molar-refractivity contribution in [3.05, 3.63) is 30.3 Å². The van der Waals surface area contributed by atoms with Crippen LogP contribution in [0.5, 0.6) is 0 Å². The lowest BCUT2D eigenvalue weighted by molar-refractivity contribution is -0.214. The zero-order valence-corrected chi connectivity index (χ0v) is 18.6. The second-order valence-corrected chi connectivity index (χ2v) is 8.09. The number of alkyl halides is 3. The summed E-state index contributed by atoms with van der Waals surface area (Å²) in [5, 5.41) is 1.79. The number of halogens is 3. The fourth-order valence-electron chi connectivity index (χ4n) is 3.02. The molecule has 1 fully saturated rings. The van der Waals surface area contributed by atoms with E-state index in [-0.39, 0.29) is 0 Å². The van der Waals surface area contributed by atoms with Crippen LogP contribution < -0.4 is 5.32 Å². The Labute approximate surface area is 191 Å². The molecular formula is C20H22F3NO8S. The van der Waals surface area contributed by atoms with Crippen molar-refractivity contribution >= 4 is 35.6 Å². The third-order valence-electron chi connectivity index (χ3n) is 4.25. The van der Waals surface area contributed by atoms with Gasteiger partial charge in [0.2, 0.25) is 0 Å². The Kier molecular flexibility index (Phi) is 9.11. The summed E-state index contributed by atoms with van der Waals surface area (Å²) in [5.74, 6) is -4.75. The molecule has 0 aliphatic carbocycles. The molecule has 0 unspecified atom stereocenters. The van der Waals surface area contributed by atoms with Crippen molar-refractivity contribution in [1.82, 2.24) is 5.32 Å². The molecule has 1 aliphatic rings. The molecule has 5 atom stereocenters. The van der Waals surface area contributed by atoms with Gasteiger partial charge in [0.05, 0.1) is 0 Å². The highest BCUT2D eigenvalue weighted by Crippen LogP contribution is 2.36. The zero-order chi connectivity index (χ0) is 24.8. The number of carbonyl (C=O) groups is 4. The lowest BCUT2D eigenvalue weighted by Crippen LogP contribution is -2.66. The molecule has 0 radical (unpaired) electrons. The molecule has 0 spiro atoms. The van der Waals surface area contributed by atoms with E-state index in [2.05, 4.69) is 0 Å². The molecule has 1 N–H and O–H groups in total. The van der Waals surface area contributed by atoms with Gasteiger partial charge in [0.1, 0.15) is 24.2 Å². The van der Waals surface area contributed by atoms with Crippen LogP contribution in [0.3, 0.4) is 0 Å². The third kappa shape index (κ3) is 7.93. The van der Waals surface area contributed by atoms with Crippen molar-refractivity contribution in [2.75, 3.05) is 6.61 Å². The quantitative estimate of drug-likeness (QED) is 0.449. The Hall–Kier alpha value is -2.80. The average Bonchev–Trinajstić information content (AvgIpc) is 2.70. The highest BCUT2D eigenvalue weighted by atomic mass is 32.2. The van der Waals surface area contributed by atoms with E-state index >= 15 is 0 Å². The molecule has 0 bridgehead atoms. The number of rotatable bonds is 7. The van der Waals surface area contributed by atoms with E-state index in [1.54, 1.807) is 35.6 Å². The van der Waals surface area contributed by atoms with Crippen LogP contribution in [0.15, 0.2) is 35.2 Å². The van der Waals surface area contributed by atoms with Crippen LogP contribution in [-0.2, 0) is 38.1 Å². The maximum atomic E-state index is 13.0. The summed E-state index contributed by atoms with van der Waals surface area (Å²) in [6.07, 6.45) is -9.50. The van der Waals surface area contributed by atoms with Crippen LogP contribution in [0.4, 0.5) is 13.2 Å². The van der Waals surface area contributed by atoms with Crippen molar-refractivity contribution < 1.29 is 51.3 Å². The Morgan fingerprint density at radius 1 is 0.970 bits per heavy atom. The van der Waals surface area contributed by atoms with E-state index in [4.69, 9.17) is 18.9 Å². The summed E-state index contributed by atoms with van der Waals surface area (Å²) in [6.45, 7) is 2.71. The smallest absolute Gasteiger partial charge is 0.463 e. The molecule has 1 aliphatic heterocycles. The average molecular weight is 493 g/mol. The number of esters is 3. The first-order valence-corrected chi connectivity index (χ1v) is 10.5. The Balaban J connectivity index is 2.49. The minimum Gasteiger partial charge on any atom is -0.463 e. The predicted molar refractivity (Wildman–Crippen MR) is 107 cm³/mol. The first-order valence-electron chi connectivity index (χ1n) is 9.61. The van der Waals surface area contributed by atoms with E-state index in [9.17, 15) is 32.3 Å². The standard InChI is InChI=1S/C20H22F3NO8S/c1-10(25)29-9-14-16(30-11(2)26)17(31-12(3)27)15(24-19(28)20(21,22)23)18(32-14)33-13-7-5-4-6-8-13/h4-8,14-18H,9H2,1-3H3,(H,24,28)/t14-,15-,16-,17-,18+/m1/s1. The molecule has 0 saturated carbocycles. The van der Waals surface area contributed by atoms with Gasteiger partial charge in [-0.05, 0) is 12.1 Å². The van der Waals surface area contributed by atoms with Crippen molar-refractivity contribution in [2.24, 2.45) is 0 Å². The van der Waals surface area contributed by atoms with Crippen molar-refractivity contribution in [3.8, 4) is 0 Å². The van der Waals surface area contributed by atoms with Crippen molar-refractivity contribution in [1.29, 1.82) is 0 Å². The van der Waals surface area contributed by atoms with Gasteiger partial charge in [-0.2, -0.15) is 13.2 Å². The molecule has 1 amide bonds. The summed E-state index contributed by atoms with van der Waals surface area (Å²) in [5.41, 5.74) is -1.24. The maximum Gasteiger partial charge on any atom is 0.471 e. The zero-order valence-electron chi connectivity index (χ0n) is 17.8. The molecule has 0 aromatic heterocycles. The number of carbonyl (C=O) groups excluding carboxylic acids is 4. The molecule has 33 heavy (non-hydrogen) atoms. The Morgan fingerprint density at radius 3 is 2.06 bits per heavy atom. The second kappa shape index (κ2) is 11.4. The highest BCUT2D eigenvalue weighted by Gasteiger charge is 2.53. The first kappa shape index (κ1) is 26.5. The number of amides is 1. The number of hydrogen-bond donors (Lipinski definition) is 1. The van der Waals surface area contributed by atoms with Crippen LogP contribution >= 0.6 is 11.8 Å². The Morgan fingerprint density at radius 2 is 1.55 bits per heavy atom. The fraction of sp³-hybridized carbons (Fsp3) is 0.500. The first-order chi connectivity index (χ1) is 15.4. The van der Waals surface area contributed by atoms with Crippen LogP contribution in [0, 0.1) is 0 Å². The van der Waals surface area contributed by atoms with Crippen molar-refractivity contribution in [3.63, 3.8) is 0 Å². The van der Waals surface area contributed by atoms with E-state index in [1.165, 1.54) is 0 Å². The molecule has 1 heterocycles. The second-order valence-electron chi connectivity index (χ2n) is 6.92. The van der Waals surface area contributed by atoms with Gasteiger partial charge < -0.3 is 24.3 Å². The van der Waals surface area contributed by atoms with Crippen LogP contribution in [0.25, 0.3) is 0 Å². The number of thioether (sulfide) groups is 1. The van der Waals surface area contributed by atoms with Gasteiger partial charge in [-0.25, -0.2) is 0 Å². The lowest BCUT2D eigenvalue weighted by atomic mass is 9.97. The molecule has 2 rings (SSSR count). The Bertz CT molecular complexity index is 867. The minimum absolute atomic E-state index is 0.448. The predicted octanol–water partition coefficient (Wildman–Crippen LogP) is 1.98. The van der Waals surface area contributed by atoms with Gasteiger partial charge in [0.15, 0.2) is 12.2 Å². The number of hydrogen-bond acceptors (Lipinski definition) is 9. The third-order valence-corrected chi connectivity index (χ3v) is 5.43. The van der Waals surface area contributed by atoms with E-state index < -0.39 is 66.4 Å². The monoisotopic (exact) mass is 493 g/mol. The van der Waals surface area contributed by atoms with E-state index in [1.807, 2.05) is 0 Å². The van der Waals surface area contributed by atoms with Gasteiger partial charge in [-0.15, -0.1) is 0 Å². The summed E-state index contributed by atoms with van der Waals surface area (Å²) in [7, 11) is 0. The van der Waals surface area contributed by atoms with Gasteiger partial charge in [-0.3, -0.25) is 19.2 Å². The largest absolute Gasteiger partial charge is 0.471 e. The fourth-order valence-corrected chi connectivity index (χ4v) is 4.17. The van der Waals surface area contributed by atoms with Gasteiger partial charge >= 0.3 is 30.0 Å². The van der Waals surface area contributed by atoms with Crippen molar-refractivity contribution in [2.45, 2.75) is 61.6 Å². The van der Waals surface area contributed by atoms with Gasteiger partial charge in [0.25, 0.3) is 0 Å². The van der Waals surface area contributed by atoms with E-state index in [0.29, 0.717) is 4.90 Å². The topological polar surface area (TPSA) is 117 Å². The van der Waals surface area contributed by atoms with Gasteiger partial charge in [0, 0.05) is 25.7 Å². The minimum atomic E-state index is -5.24. The van der Waals surface area contributed by atoms with Crippen LogP contribution in [0.1, 0.15) is 20.8 Å². The number of benzene rings is 1. The molecular weight excluding hydrogens is 471 g/mol. The number of nitrogens with one attached hydrogen (secondary N) is 1. The number of ether oxygens (including phenoxy) is 4. The summed E-state index contributed by atoms with van der Waals surface area (Å²) >= 11 is 0.938. The van der Waals surface area contributed by atoms with Gasteiger partial charge in [-0.1, -0.05) is 30.0 Å². The van der Waals surface area contributed by atoms with Crippen LogP contribution in [0.2, 0.25) is 0 Å². The summed E-state index contributed by atoms with van der Waals surface area (Å²) < 4.78 is 60.2. The molecule has 1 aromatic carbocycles. The normalized spacial score (nSPS) is 25.0. The molecule has 13 heteroatoms. The molecule has 9 nitrogen and oxygen atoms in total. The summed E-state index contributed by atoms with van der Waals surface area (Å²) in [6, 6.07) is 6.79. The SMILES string of the molecule is CC(=O)OC[C@H]1O[C@@H](Sc2ccccc2)[C@H](NC(=O)C(F)(F)F)[C@@H](OC(C)=O)[C@@H]1OC(C)=O. The maximum absolute atomic E-state index is 13.0.